The Hall–Kier alpha value is -2.47. The van der Waals surface area contributed by atoms with Gasteiger partial charge in [0.2, 0.25) is 0 Å². The van der Waals surface area contributed by atoms with Crippen LogP contribution in [-0.2, 0) is 4.79 Å². The summed E-state index contributed by atoms with van der Waals surface area (Å²) in [5.41, 5.74) is 3.22. The van der Waals surface area contributed by atoms with Crippen molar-refractivity contribution in [1.29, 1.82) is 0 Å². The number of anilines is 2. The lowest BCUT2D eigenvalue weighted by Crippen LogP contribution is -2.44. The Bertz CT molecular complexity index is 708. The van der Waals surface area contributed by atoms with Gasteiger partial charge in [0, 0.05) is 62.2 Å². The summed E-state index contributed by atoms with van der Waals surface area (Å²) in [4.78, 5) is 24.3. The standard InChI is InChI=1S/C19H25N5O/c1-15-14-21-19(22-18(15)20-8-3-13-25)16-4-6-17(7-5-16)24-11-9-23(2)10-12-24/h4-7,13-14H,3,8-12H2,1-2H3,(H,20,21,22). The Morgan fingerprint density at radius 2 is 1.88 bits per heavy atom. The van der Waals surface area contributed by atoms with Crippen molar-refractivity contribution in [3.63, 3.8) is 0 Å². The maximum atomic E-state index is 10.5. The van der Waals surface area contributed by atoms with Crippen LogP contribution < -0.4 is 10.2 Å². The summed E-state index contributed by atoms with van der Waals surface area (Å²) in [6.45, 7) is 6.85. The molecule has 1 aromatic carbocycles. The van der Waals surface area contributed by atoms with Gasteiger partial charge in [-0.05, 0) is 38.2 Å². The SMILES string of the molecule is Cc1cnc(-c2ccc(N3CCN(C)CC3)cc2)nc1NCCC=O. The van der Waals surface area contributed by atoms with Crippen molar-refractivity contribution in [2.24, 2.45) is 0 Å². The number of hydrogen-bond acceptors (Lipinski definition) is 6. The summed E-state index contributed by atoms with van der Waals surface area (Å²) in [7, 11) is 2.16. The zero-order chi connectivity index (χ0) is 17.6. The minimum absolute atomic E-state index is 0.471. The number of aryl methyl sites for hydroxylation is 1. The first-order chi connectivity index (χ1) is 12.2. The minimum atomic E-state index is 0.471. The first kappa shape index (κ1) is 17.4. The van der Waals surface area contributed by atoms with Crippen molar-refractivity contribution in [2.45, 2.75) is 13.3 Å². The molecule has 1 aliphatic heterocycles. The molecule has 0 unspecified atom stereocenters. The number of aldehydes is 1. The molecule has 1 saturated heterocycles. The van der Waals surface area contributed by atoms with Crippen LogP contribution in [0.3, 0.4) is 0 Å². The van der Waals surface area contributed by atoms with Gasteiger partial charge in [-0.25, -0.2) is 9.97 Å². The van der Waals surface area contributed by atoms with E-state index < -0.39 is 0 Å². The largest absolute Gasteiger partial charge is 0.369 e. The summed E-state index contributed by atoms with van der Waals surface area (Å²) < 4.78 is 0. The number of carbonyl (C=O) groups excluding carboxylic acids is 1. The molecule has 1 aromatic heterocycles. The zero-order valence-electron chi connectivity index (χ0n) is 14.9. The number of piperazine rings is 1. The molecule has 0 saturated carbocycles. The highest BCUT2D eigenvalue weighted by molar-refractivity contribution is 5.62. The number of carbonyl (C=O) groups is 1. The van der Waals surface area contributed by atoms with Crippen molar-refractivity contribution < 1.29 is 4.79 Å². The molecule has 1 aliphatic rings. The highest BCUT2D eigenvalue weighted by Gasteiger charge is 2.14. The van der Waals surface area contributed by atoms with Crippen LogP contribution in [0.4, 0.5) is 11.5 Å². The second-order valence-corrected chi connectivity index (χ2v) is 6.44. The van der Waals surface area contributed by atoms with Crippen LogP contribution >= 0.6 is 0 Å². The molecule has 6 heteroatoms. The molecule has 3 rings (SSSR count). The topological polar surface area (TPSA) is 61.4 Å². The smallest absolute Gasteiger partial charge is 0.161 e. The second kappa shape index (κ2) is 8.07. The van der Waals surface area contributed by atoms with Crippen LogP contribution in [0.2, 0.25) is 0 Å². The predicted molar refractivity (Wildman–Crippen MR) is 101 cm³/mol. The third-order valence-corrected chi connectivity index (χ3v) is 4.52. The fourth-order valence-electron chi connectivity index (χ4n) is 2.90. The van der Waals surface area contributed by atoms with Crippen LogP contribution in [0.15, 0.2) is 30.5 Å². The van der Waals surface area contributed by atoms with Crippen molar-refractivity contribution in [3.8, 4) is 11.4 Å². The number of likely N-dealkylation sites (N-methyl/N-ethyl adjacent to an activating group) is 1. The fraction of sp³-hybridized carbons (Fsp3) is 0.421. The van der Waals surface area contributed by atoms with Crippen molar-refractivity contribution in [1.82, 2.24) is 14.9 Å². The summed E-state index contributed by atoms with van der Waals surface area (Å²) >= 11 is 0. The number of hydrogen-bond donors (Lipinski definition) is 1. The molecule has 1 fully saturated rings. The van der Waals surface area contributed by atoms with Crippen LogP contribution in [0.25, 0.3) is 11.4 Å². The average Bonchev–Trinajstić information content (AvgIpc) is 2.64. The lowest BCUT2D eigenvalue weighted by molar-refractivity contribution is -0.107. The van der Waals surface area contributed by atoms with Gasteiger partial charge >= 0.3 is 0 Å². The number of nitrogens with zero attached hydrogens (tertiary/aromatic N) is 4. The van der Waals surface area contributed by atoms with Gasteiger partial charge in [0.1, 0.15) is 12.1 Å². The third-order valence-electron chi connectivity index (χ3n) is 4.52. The third kappa shape index (κ3) is 4.33. The quantitative estimate of drug-likeness (QED) is 0.643. The van der Waals surface area contributed by atoms with Crippen LogP contribution in [0.1, 0.15) is 12.0 Å². The maximum Gasteiger partial charge on any atom is 0.161 e. The molecule has 0 radical (unpaired) electrons. The molecule has 0 bridgehead atoms. The molecule has 25 heavy (non-hydrogen) atoms. The van der Waals surface area contributed by atoms with E-state index in [1.807, 2.05) is 13.1 Å². The van der Waals surface area contributed by atoms with Gasteiger partial charge in [0.05, 0.1) is 0 Å². The number of benzene rings is 1. The minimum Gasteiger partial charge on any atom is -0.369 e. The molecule has 0 spiro atoms. The number of aromatic nitrogens is 2. The molecular formula is C19H25N5O. The molecule has 2 aromatic rings. The Morgan fingerprint density at radius 3 is 2.56 bits per heavy atom. The van der Waals surface area contributed by atoms with E-state index in [1.54, 1.807) is 0 Å². The lowest BCUT2D eigenvalue weighted by Gasteiger charge is -2.34. The second-order valence-electron chi connectivity index (χ2n) is 6.44. The Kier molecular flexibility index (Phi) is 5.60. The van der Waals surface area contributed by atoms with Gasteiger partial charge in [-0.2, -0.15) is 0 Å². The normalized spacial score (nSPS) is 15.2. The Labute approximate surface area is 148 Å². The van der Waals surface area contributed by atoms with Gasteiger partial charge in [0.15, 0.2) is 5.82 Å². The van der Waals surface area contributed by atoms with Crippen molar-refractivity contribution >= 4 is 17.8 Å². The Morgan fingerprint density at radius 1 is 1.16 bits per heavy atom. The molecule has 132 valence electrons. The molecular weight excluding hydrogens is 314 g/mol. The van der Waals surface area contributed by atoms with Crippen LogP contribution in [-0.4, -0.2) is 60.9 Å². The van der Waals surface area contributed by atoms with E-state index in [4.69, 9.17) is 0 Å². The van der Waals surface area contributed by atoms with Crippen molar-refractivity contribution in [3.05, 3.63) is 36.0 Å². The molecule has 0 amide bonds. The predicted octanol–water partition coefficient (Wildman–Crippen LogP) is 2.20. The van der Waals surface area contributed by atoms with Crippen LogP contribution in [0.5, 0.6) is 0 Å². The van der Waals surface area contributed by atoms with Gasteiger partial charge in [-0.3, -0.25) is 0 Å². The molecule has 6 nitrogen and oxygen atoms in total. The molecule has 0 aliphatic carbocycles. The highest BCUT2D eigenvalue weighted by atomic mass is 16.1. The molecule has 2 heterocycles. The van der Waals surface area contributed by atoms with Gasteiger partial charge in [-0.15, -0.1) is 0 Å². The van der Waals surface area contributed by atoms with E-state index in [0.29, 0.717) is 18.8 Å². The first-order valence-corrected chi connectivity index (χ1v) is 8.72. The zero-order valence-corrected chi connectivity index (χ0v) is 14.9. The molecule has 1 N–H and O–H groups in total. The monoisotopic (exact) mass is 339 g/mol. The van der Waals surface area contributed by atoms with Crippen molar-refractivity contribution in [2.75, 3.05) is 50.0 Å². The van der Waals surface area contributed by atoms with E-state index in [9.17, 15) is 4.79 Å². The first-order valence-electron chi connectivity index (χ1n) is 8.72. The molecule has 0 atom stereocenters. The average molecular weight is 339 g/mol. The lowest BCUT2D eigenvalue weighted by atomic mass is 10.1. The van der Waals surface area contributed by atoms with E-state index in [2.05, 4.69) is 56.4 Å². The number of rotatable bonds is 6. The van der Waals surface area contributed by atoms with Gasteiger partial charge in [0.25, 0.3) is 0 Å². The van der Waals surface area contributed by atoms with Gasteiger partial charge < -0.3 is 19.9 Å². The van der Waals surface area contributed by atoms with E-state index in [1.165, 1.54) is 5.69 Å². The Balaban J connectivity index is 1.73. The highest BCUT2D eigenvalue weighted by Crippen LogP contribution is 2.23. The maximum absolute atomic E-state index is 10.5. The van der Waals surface area contributed by atoms with E-state index in [-0.39, 0.29) is 0 Å². The number of nitrogens with one attached hydrogen (secondary N) is 1. The van der Waals surface area contributed by atoms with E-state index >= 15 is 0 Å². The van der Waals surface area contributed by atoms with E-state index in [0.717, 1.165) is 49.4 Å². The van der Waals surface area contributed by atoms with Gasteiger partial charge in [-0.1, -0.05) is 0 Å². The fourth-order valence-corrected chi connectivity index (χ4v) is 2.90. The van der Waals surface area contributed by atoms with Crippen LogP contribution in [0, 0.1) is 6.92 Å². The summed E-state index contributed by atoms with van der Waals surface area (Å²) in [5.74, 6) is 1.49. The summed E-state index contributed by atoms with van der Waals surface area (Å²) in [5, 5.41) is 3.20. The summed E-state index contributed by atoms with van der Waals surface area (Å²) in [6, 6.07) is 8.44. The summed E-state index contributed by atoms with van der Waals surface area (Å²) in [6.07, 6.45) is 3.19.